The first-order valence-electron chi connectivity index (χ1n) is 7.67. The van der Waals surface area contributed by atoms with Crippen molar-refractivity contribution < 1.29 is 9.90 Å². The summed E-state index contributed by atoms with van der Waals surface area (Å²) in [5, 5.41) is 8.98. The summed E-state index contributed by atoms with van der Waals surface area (Å²) in [4.78, 5) is 10.9. The molecule has 2 aliphatic rings. The van der Waals surface area contributed by atoms with Crippen LogP contribution in [0.4, 0.5) is 0 Å². The molecule has 2 heteroatoms. The smallest absolute Gasteiger partial charge is 0.303 e. The molecular formula is C17H28O2. The van der Waals surface area contributed by atoms with Crippen LogP contribution >= 0.6 is 0 Å². The molecule has 2 rings (SSSR count). The van der Waals surface area contributed by atoms with Crippen molar-refractivity contribution in [3.05, 3.63) is 12.2 Å². The summed E-state index contributed by atoms with van der Waals surface area (Å²) in [6.07, 6.45) is 7.22. The van der Waals surface area contributed by atoms with E-state index in [1.54, 1.807) is 0 Å². The fourth-order valence-electron chi connectivity index (χ4n) is 5.08. The molecule has 0 spiro atoms. The Morgan fingerprint density at radius 1 is 1.37 bits per heavy atom. The minimum absolute atomic E-state index is 0.270. The van der Waals surface area contributed by atoms with E-state index in [0.717, 1.165) is 18.8 Å². The number of carbonyl (C=O) groups is 1. The molecule has 0 saturated heterocycles. The van der Waals surface area contributed by atoms with E-state index >= 15 is 0 Å². The molecule has 0 aromatic carbocycles. The largest absolute Gasteiger partial charge is 0.481 e. The van der Waals surface area contributed by atoms with Gasteiger partial charge in [0.05, 0.1) is 0 Å². The van der Waals surface area contributed by atoms with E-state index in [-0.39, 0.29) is 11.8 Å². The van der Waals surface area contributed by atoms with E-state index < -0.39 is 5.97 Å². The second-order valence-electron chi connectivity index (χ2n) is 7.58. The molecule has 2 fully saturated rings. The Morgan fingerprint density at radius 2 is 2.05 bits per heavy atom. The van der Waals surface area contributed by atoms with Crippen LogP contribution in [-0.2, 0) is 4.79 Å². The number of hydrogen-bond acceptors (Lipinski definition) is 1. The lowest BCUT2D eigenvalue weighted by molar-refractivity contribution is -0.138. The SMILES string of the molecule is C=C1CC[C@@H]2C(C)(C)CCC[C@@]2(C)[C@@H]1CCC(=O)O. The molecule has 3 atom stereocenters. The Kier molecular flexibility index (Phi) is 3.81. The van der Waals surface area contributed by atoms with Gasteiger partial charge in [-0.2, -0.15) is 0 Å². The molecule has 0 unspecified atom stereocenters. The predicted molar refractivity (Wildman–Crippen MR) is 78.0 cm³/mol. The van der Waals surface area contributed by atoms with Gasteiger partial charge in [0, 0.05) is 6.42 Å². The van der Waals surface area contributed by atoms with Crippen molar-refractivity contribution in [2.24, 2.45) is 22.7 Å². The summed E-state index contributed by atoms with van der Waals surface area (Å²) in [6, 6.07) is 0. The molecule has 2 nitrogen and oxygen atoms in total. The van der Waals surface area contributed by atoms with E-state index in [1.165, 1.54) is 31.3 Å². The summed E-state index contributed by atoms with van der Waals surface area (Å²) in [6.45, 7) is 11.5. The van der Waals surface area contributed by atoms with Crippen LogP contribution < -0.4 is 0 Å². The second-order valence-corrected chi connectivity index (χ2v) is 7.58. The zero-order chi connectivity index (χ0) is 14.3. The average molecular weight is 264 g/mol. The quantitative estimate of drug-likeness (QED) is 0.753. The maximum atomic E-state index is 10.9. The van der Waals surface area contributed by atoms with Gasteiger partial charge in [0.15, 0.2) is 0 Å². The van der Waals surface area contributed by atoms with E-state index in [9.17, 15) is 4.79 Å². The molecule has 0 aromatic rings. The van der Waals surface area contributed by atoms with Crippen LogP contribution in [0.15, 0.2) is 12.2 Å². The third-order valence-corrected chi connectivity index (χ3v) is 5.97. The fourth-order valence-corrected chi connectivity index (χ4v) is 5.08. The minimum Gasteiger partial charge on any atom is -0.481 e. The molecule has 0 aliphatic heterocycles. The van der Waals surface area contributed by atoms with Crippen molar-refractivity contribution in [1.82, 2.24) is 0 Å². The van der Waals surface area contributed by atoms with Crippen LogP contribution in [0.3, 0.4) is 0 Å². The number of carboxylic acids is 1. The van der Waals surface area contributed by atoms with Gasteiger partial charge in [-0.25, -0.2) is 0 Å². The highest BCUT2D eigenvalue weighted by Gasteiger charge is 2.52. The van der Waals surface area contributed by atoms with Crippen LogP contribution in [0.1, 0.15) is 65.7 Å². The monoisotopic (exact) mass is 264 g/mol. The Morgan fingerprint density at radius 3 is 2.68 bits per heavy atom. The lowest BCUT2D eigenvalue weighted by atomic mass is 9.47. The minimum atomic E-state index is -0.673. The van der Waals surface area contributed by atoms with Crippen LogP contribution in [0.25, 0.3) is 0 Å². The van der Waals surface area contributed by atoms with Gasteiger partial charge < -0.3 is 5.11 Å². The molecule has 0 heterocycles. The van der Waals surface area contributed by atoms with Crippen LogP contribution in [-0.4, -0.2) is 11.1 Å². The second kappa shape index (κ2) is 4.96. The molecule has 0 aromatic heterocycles. The Hall–Kier alpha value is -0.790. The third kappa shape index (κ3) is 2.59. The molecule has 2 aliphatic carbocycles. The highest BCUT2D eigenvalue weighted by molar-refractivity contribution is 5.66. The zero-order valence-corrected chi connectivity index (χ0v) is 12.7. The van der Waals surface area contributed by atoms with Gasteiger partial charge in [0.25, 0.3) is 0 Å². The van der Waals surface area contributed by atoms with E-state index in [1.807, 2.05) is 0 Å². The van der Waals surface area contributed by atoms with Crippen molar-refractivity contribution in [3.8, 4) is 0 Å². The highest BCUT2D eigenvalue weighted by Crippen LogP contribution is 2.61. The van der Waals surface area contributed by atoms with E-state index in [4.69, 9.17) is 5.11 Å². The number of carboxylic acid groups (broad SMARTS) is 1. The van der Waals surface area contributed by atoms with Gasteiger partial charge >= 0.3 is 5.97 Å². The van der Waals surface area contributed by atoms with Gasteiger partial charge in [0.2, 0.25) is 0 Å². The predicted octanol–water partition coefficient (Wildman–Crippen LogP) is 4.65. The van der Waals surface area contributed by atoms with Gasteiger partial charge in [-0.05, 0) is 54.8 Å². The maximum absolute atomic E-state index is 10.9. The van der Waals surface area contributed by atoms with Gasteiger partial charge in [-0.3, -0.25) is 4.79 Å². The first kappa shape index (κ1) is 14.6. The topological polar surface area (TPSA) is 37.3 Å². The first-order chi connectivity index (χ1) is 8.77. The van der Waals surface area contributed by atoms with Crippen molar-refractivity contribution >= 4 is 5.97 Å². The first-order valence-corrected chi connectivity index (χ1v) is 7.67. The maximum Gasteiger partial charge on any atom is 0.303 e. The van der Waals surface area contributed by atoms with Crippen LogP contribution in [0.2, 0.25) is 0 Å². The molecule has 0 radical (unpaired) electrons. The summed E-state index contributed by atoms with van der Waals surface area (Å²) < 4.78 is 0. The number of allylic oxidation sites excluding steroid dienone is 1. The molecule has 0 amide bonds. The number of rotatable bonds is 3. The Labute approximate surface area is 117 Å². The molecule has 2 saturated carbocycles. The van der Waals surface area contributed by atoms with Gasteiger partial charge in [0.1, 0.15) is 0 Å². The molecule has 108 valence electrons. The fraction of sp³-hybridized carbons (Fsp3) is 0.824. The Bertz CT molecular complexity index is 383. The summed E-state index contributed by atoms with van der Waals surface area (Å²) in [5.41, 5.74) is 1.97. The van der Waals surface area contributed by atoms with E-state index in [0.29, 0.717) is 11.3 Å². The molecule has 1 N–H and O–H groups in total. The lowest BCUT2D eigenvalue weighted by Crippen LogP contribution is -2.49. The average Bonchev–Trinajstić information content (AvgIpc) is 2.26. The summed E-state index contributed by atoms with van der Waals surface area (Å²) >= 11 is 0. The van der Waals surface area contributed by atoms with Crippen molar-refractivity contribution in [1.29, 1.82) is 0 Å². The number of aliphatic carboxylic acids is 1. The Balaban J connectivity index is 2.24. The van der Waals surface area contributed by atoms with Crippen molar-refractivity contribution in [3.63, 3.8) is 0 Å². The highest BCUT2D eigenvalue weighted by atomic mass is 16.4. The standard InChI is InChI=1S/C17H28O2/c1-12-6-8-14-16(2,3)10-5-11-17(14,4)13(12)7-9-15(18)19/h13-14H,1,5-11H2,2-4H3,(H,18,19)/t13-,14-,17+/m1/s1. The normalized spacial score (nSPS) is 37.7. The molecule has 19 heavy (non-hydrogen) atoms. The zero-order valence-electron chi connectivity index (χ0n) is 12.7. The van der Waals surface area contributed by atoms with Crippen LogP contribution in [0, 0.1) is 22.7 Å². The van der Waals surface area contributed by atoms with E-state index in [2.05, 4.69) is 27.4 Å². The number of hydrogen-bond donors (Lipinski definition) is 1. The molecule has 0 bridgehead atoms. The summed E-state index contributed by atoms with van der Waals surface area (Å²) in [5.74, 6) is 0.452. The van der Waals surface area contributed by atoms with Gasteiger partial charge in [-0.15, -0.1) is 0 Å². The number of fused-ring (bicyclic) bond motifs is 1. The lowest BCUT2D eigenvalue weighted by Gasteiger charge is -2.58. The summed E-state index contributed by atoms with van der Waals surface area (Å²) in [7, 11) is 0. The van der Waals surface area contributed by atoms with Crippen LogP contribution in [0.5, 0.6) is 0 Å². The third-order valence-electron chi connectivity index (χ3n) is 5.97. The molecular weight excluding hydrogens is 236 g/mol. The van der Waals surface area contributed by atoms with Crippen molar-refractivity contribution in [2.75, 3.05) is 0 Å². The van der Waals surface area contributed by atoms with Crippen molar-refractivity contribution in [2.45, 2.75) is 65.7 Å². The van der Waals surface area contributed by atoms with Gasteiger partial charge in [-0.1, -0.05) is 39.3 Å².